The van der Waals surface area contributed by atoms with E-state index in [1.165, 1.54) is 12.4 Å². The Morgan fingerprint density at radius 1 is 0.880 bits per heavy atom. The normalized spacial score (nSPS) is 11.3. The lowest BCUT2D eigenvalue weighted by molar-refractivity contribution is 0.600. The van der Waals surface area contributed by atoms with Crippen molar-refractivity contribution in [3.8, 4) is 11.4 Å². The number of sulfonamides is 1. The van der Waals surface area contributed by atoms with E-state index < -0.39 is 10.0 Å². The van der Waals surface area contributed by atoms with Crippen molar-refractivity contribution >= 4 is 15.7 Å². The van der Waals surface area contributed by atoms with Crippen LogP contribution in [0.3, 0.4) is 0 Å². The molecule has 0 spiro atoms. The molecule has 5 nitrogen and oxygen atoms in total. The van der Waals surface area contributed by atoms with Gasteiger partial charge in [-0.05, 0) is 31.9 Å². The van der Waals surface area contributed by atoms with Gasteiger partial charge in [-0.15, -0.1) is 0 Å². The molecule has 0 fully saturated rings. The molecule has 3 aromatic rings. The summed E-state index contributed by atoms with van der Waals surface area (Å²) in [6, 6.07) is 13.2. The van der Waals surface area contributed by atoms with Gasteiger partial charge in [-0.1, -0.05) is 48.0 Å². The van der Waals surface area contributed by atoms with Crippen LogP contribution in [-0.4, -0.2) is 18.4 Å². The molecule has 0 saturated carbocycles. The number of aryl methyl sites for hydroxylation is 3. The highest BCUT2D eigenvalue weighted by Gasteiger charge is 2.20. The SMILES string of the molecule is Cc1cc(C)c(S(=O)(=O)Nc2cnc(-c3ccccc3)nc2)c(C)c1. The Morgan fingerprint density at radius 3 is 2.00 bits per heavy atom. The van der Waals surface area contributed by atoms with Gasteiger partial charge < -0.3 is 0 Å². The summed E-state index contributed by atoms with van der Waals surface area (Å²) < 4.78 is 28.0. The lowest BCUT2D eigenvalue weighted by atomic mass is 10.1. The van der Waals surface area contributed by atoms with Crippen molar-refractivity contribution in [2.24, 2.45) is 0 Å². The third-order valence-electron chi connectivity index (χ3n) is 3.81. The summed E-state index contributed by atoms with van der Waals surface area (Å²) in [6.07, 6.45) is 2.96. The van der Waals surface area contributed by atoms with Crippen LogP contribution in [0, 0.1) is 20.8 Å². The second kappa shape index (κ2) is 6.64. The number of benzene rings is 2. The Labute approximate surface area is 147 Å². The fraction of sp³-hybridized carbons (Fsp3) is 0.158. The third kappa shape index (κ3) is 3.69. The van der Waals surface area contributed by atoms with Gasteiger partial charge in [0.05, 0.1) is 23.0 Å². The van der Waals surface area contributed by atoms with Crippen LogP contribution in [-0.2, 0) is 10.0 Å². The monoisotopic (exact) mass is 353 g/mol. The minimum absolute atomic E-state index is 0.297. The van der Waals surface area contributed by atoms with Crippen molar-refractivity contribution in [3.05, 3.63) is 71.5 Å². The van der Waals surface area contributed by atoms with Crippen LogP contribution in [0.25, 0.3) is 11.4 Å². The van der Waals surface area contributed by atoms with E-state index in [-0.39, 0.29) is 0 Å². The van der Waals surface area contributed by atoms with E-state index in [9.17, 15) is 8.42 Å². The highest BCUT2D eigenvalue weighted by molar-refractivity contribution is 7.92. The number of rotatable bonds is 4. The second-order valence-electron chi connectivity index (χ2n) is 5.99. The molecule has 1 N–H and O–H groups in total. The van der Waals surface area contributed by atoms with E-state index in [1.807, 2.05) is 49.4 Å². The quantitative estimate of drug-likeness (QED) is 0.773. The maximum atomic E-state index is 12.7. The molecule has 0 aliphatic heterocycles. The maximum absolute atomic E-state index is 12.7. The topological polar surface area (TPSA) is 72.0 Å². The minimum atomic E-state index is -3.70. The summed E-state index contributed by atoms with van der Waals surface area (Å²) in [4.78, 5) is 8.79. The van der Waals surface area contributed by atoms with Crippen LogP contribution in [0.4, 0.5) is 5.69 Å². The summed E-state index contributed by atoms with van der Waals surface area (Å²) in [5.74, 6) is 0.547. The van der Waals surface area contributed by atoms with Crippen molar-refractivity contribution in [2.75, 3.05) is 4.72 Å². The molecule has 128 valence electrons. The molecular formula is C19H19N3O2S. The summed E-state index contributed by atoms with van der Waals surface area (Å²) in [5, 5.41) is 0. The van der Waals surface area contributed by atoms with Crippen molar-refractivity contribution in [3.63, 3.8) is 0 Å². The average molecular weight is 353 g/mol. The van der Waals surface area contributed by atoms with Crippen molar-refractivity contribution in [1.82, 2.24) is 9.97 Å². The molecule has 0 saturated heterocycles. The van der Waals surface area contributed by atoms with Crippen LogP contribution in [0.2, 0.25) is 0 Å². The molecule has 0 aliphatic carbocycles. The number of nitrogens with zero attached hydrogens (tertiary/aromatic N) is 2. The Kier molecular flexibility index (Phi) is 4.55. The lowest BCUT2D eigenvalue weighted by Gasteiger charge is -2.13. The van der Waals surface area contributed by atoms with E-state index >= 15 is 0 Å². The molecular weight excluding hydrogens is 334 g/mol. The van der Waals surface area contributed by atoms with Crippen molar-refractivity contribution in [1.29, 1.82) is 0 Å². The number of nitrogens with one attached hydrogen (secondary N) is 1. The predicted molar refractivity (Wildman–Crippen MR) is 98.9 cm³/mol. The van der Waals surface area contributed by atoms with Gasteiger partial charge in [0.1, 0.15) is 0 Å². The maximum Gasteiger partial charge on any atom is 0.262 e. The fourth-order valence-corrected chi connectivity index (χ4v) is 4.40. The van der Waals surface area contributed by atoms with Crippen LogP contribution >= 0.6 is 0 Å². The zero-order valence-corrected chi connectivity index (χ0v) is 15.1. The molecule has 0 bridgehead atoms. The Balaban J connectivity index is 1.89. The first-order valence-electron chi connectivity index (χ1n) is 7.85. The molecule has 1 heterocycles. The molecule has 3 rings (SSSR count). The molecule has 0 aliphatic rings. The van der Waals surface area contributed by atoms with Gasteiger partial charge in [0.25, 0.3) is 10.0 Å². The molecule has 0 unspecified atom stereocenters. The van der Waals surface area contributed by atoms with Gasteiger partial charge in [-0.25, -0.2) is 18.4 Å². The number of hydrogen-bond acceptors (Lipinski definition) is 4. The van der Waals surface area contributed by atoms with Gasteiger partial charge in [0.15, 0.2) is 5.82 Å². The molecule has 6 heteroatoms. The van der Waals surface area contributed by atoms with Gasteiger partial charge in [-0.2, -0.15) is 0 Å². The first-order valence-corrected chi connectivity index (χ1v) is 9.33. The first-order chi connectivity index (χ1) is 11.9. The van der Waals surface area contributed by atoms with E-state index in [2.05, 4.69) is 14.7 Å². The van der Waals surface area contributed by atoms with E-state index in [1.54, 1.807) is 13.8 Å². The van der Waals surface area contributed by atoms with E-state index in [0.717, 1.165) is 11.1 Å². The Bertz CT molecular complexity index is 976. The van der Waals surface area contributed by atoms with Crippen LogP contribution in [0.5, 0.6) is 0 Å². The van der Waals surface area contributed by atoms with Gasteiger partial charge in [-0.3, -0.25) is 4.72 Å². The van der Waals surface area contributed by atoms with Crippen LogP contribution < -0.4 is 4.72 Å². The predicted octanol–water partition coefficient (Wildman–Crippen LogP) is 3.87. The molecule has 2 aromatic carbocycles. The summed E-state index contributed by atoms with van der Waals surface area (Å²) in [5.41, 5.74) is 3.67. The number of aromatic nitrogens is 2. The lowest BCUT2D eigenvalue weighted by Crippen LogP contribution is -2.16. The van der Waals surface area contributed by atoms with E-state index in [4.69, 9.17) is 0 Å². The second-order valence-corrected chi connectivity index (χ2v) is 7.61. The minimum Gasteiger partial charge on any atom is -0.276 e. The standard InChI is InChI=1S/C19H19N3O2S/c1-13-9-14(2)18(15(3)10-13)25(23,24)22-17-11-20-19(21-12-17)16-7-5-4-6-8-16/h4-12,22H,1-3H3. The van der Waals surface area contributed by atoms with Crippen molar-refractivity contribution < 1.29 is 8.42 Å². The zero-order chi connectivity index (χ0) is 18.0. The van der Waals surface area contributed by atoms with Crippen LogP contribution in [0.1, 0.15) is 16.7 Å². The van der Waals surface area contributed by atoms with Gasteiger partial charge >= 0.3 is 0 Å². The third-order valence-corrected chi connectivity index (χ3v) is 5.50. The number of anilines is 1. The molecule has 1 aromatic heterocycles. The summed E-state index contributed by atoms with van der Waals surface area (Å²) in [6.45, 7) is 5.53. The Hall–Kier alpha value is -2.73. The van der Waals surface area contributed by atoms with E-state index in [0.29, 0.717) is 27.5 Å². The first kappa shape index (κ1) is 17.1. The largest absolute Gasteiger partial charge is 0.276 e. The Morgan fingerprint density at radius 2 is 1.44 bits per heavy atom. The summed E-state index contributed by atoms with van der Waals surface area (Å²) in [7, 11) is -3.70. The van der Waals surface area contributed by atoms with Crippen LogP contribution in [0.15, 0.2) is 59.8 Å². The fourth-order valence-electron chi connectivity index (χ4n) is 2.91. The summed E-state index contributed by atoms with van der Waals surface area (Å²) >= 11 is 0. The smallest absolute Gasteiger partial charge is 0.262 e. The number of hydrogen-bond donors (Lipinski definition) is 1. The molecule has 0 radical (unpaired) electrons. The average Bonchev–Trinajstić information content (AvgIpc) is 2.54. The van der Waals surface area contributed by atoms with Crippen molar-refractivity contribution in [2.45, 2.75) is 25.7 Å². The molecule has 0 atom stereocenters. The zero-order valence-electron chi connectivity index (χ0n) is 14.3. The highest BCUT2D eigenvalue weighted by Crippen LogP contribution is 2.24. The molecule has 0 amide bonds. The van der Waals surface area contributed by atoms with Gasteiger partial charge in [0.2, 0.25) is 0 Å². The highest BCUT2D eigenvalue weighted by atomic mass is 32.2. The molecule has 25 heavy (non-hydrogen) atoms. The van der Waals surface area contributed by atoms with Gasteiger partial charge in [0, 0.05) is 5.56 Å².